The summed E-state index contributed by atoms with van der Waals surface area (Å²) < 4.78 is 2.21. The summed E-state index contributed by atoms with van der Waals surface area (Å²) >= 11 is 0. The first-order chi connectivity index (χ1) is 7.76. The Balaban J connectivity index is 2.26. The van der Waals surface area contributed by atoms with Gasteiger partial charge in [-0.1, -0.05) is 0 Å². The average Bonchev–Trinajstić information content (AvgIpc) is 2.62. The maximum absolute atomic E-state index is 8.97. The summed E-state index contributed by atoms with van der Waals surface area (Å²) in [5.41, 5.74) is 2.59. The molecule has 0 aromatic carbocycles. The van der Waals surface area contributed by atoms with E-state index in [2.05, 4.69) is 20.9 Å². The van der Waals surface area contributed by atoms with Gasteiger partial charge < -0.3 is 9.88 Å². The summed E-state index contributed by atoms with van der Waals surface area (Å²) in [6, 6.07) is 2.14. The molecule has 4 nitrogen and oxygen atoms in total. The van der Waals surface area contributed by atoms with E-state index >= 15 is 0 Å². The zero-order valence-electron chi connectivity index (χ0n) is 9.95. The van der Waals surface area contributed by atoms with Crippen LogP contribution in [0.25, 0.3) is 0 Å². The highest BCUT2D eigenvalue weighted by Crippen LogP contribution is 2.22. The zero-order valence-corrected chi connectivity index (χ0v) is 9.95. The lowest BCUT2D eigenvalue weighted by Crippen LogP contribution is -2.29. The summed E-state index contributed by atoms with van der Waals surface area (Å²) in [6.07, 6.45) is 4.70. The van der Waals surface area contributed by atoms with E-state index in [1.54, 1.807) is 0 Å². The monoisotopic (exact) mass is 218 g/mol. The van der Waals surface area contributed by atoms with E-state index in [4.69, 9.17) is 5.26 Å². The summed E-state index contributed by atoms with van der Waals surface area (Å²) in [6.45, 7) is 2.74. The molecular weight excluding hydrogens is 200 g/mol. The Morgan fingerprint density at radius 1 is 1.50 bits per heavy atom. The summed E-state index contributed by atoms with van der Waals surface area (Å²) in [4.78, 5) is 4.60. The molecule has 0 bridgehead atoms. The Bertz CT molecular complexity index is 413. The van der Waals surface area contributed by atoms with Crippen LogP contribution in [0.3, 0.4) is 0 Å². The fraction of sp³-hybridized carbons (Fsp3) is 0.667. The highest BCUT2D eigenvalue weighted by molar-refractivity contribution is 5.20. The van der Waals surface area contributed by atoms with Gasteiger partial charge >= 0.3 is 0 Å². The standard InChI is InChI=1S/C12H18N4/c1-9-15-11-5-3-4-6-12(11)16(9)8-10(7-13)14-2/h10,14H,3-6,8H2,1-2H3. The normalized spacial score (nSPS) is 16.6. The molecule has 4 heteroatoms. The van der Waals surface area contributed by atoms with E-state index in [9.17, 15) is 0 Å². The summed E-state index contributed by atoms with van der Waals surface area (Å²) in [7, 11) is 1.83. The van der Waals surface area contributed by atoms with Gasteiger partial charge in [0, 0.05) is 5.69 Å². The molecule has 1 aliphatic rings. The van der Waals surface area contributed by atoms with E-state index in [-0.39, 0.29) is 6.04 Å². The topological polar surface area (TPSA) is 53.6 Å². The predicted octanol–water partition coefficient (Wildman–Crippen LogP) is 1.18. The third kappa shape index (κ3) is 1.96. The molecule has 1 aromatic heterocycles. The van der Waals surface area contributed by atoms with Crippen LogP contribution >= 0.6 is 0 Å². The first-order valence-electron chi connectivity index (χ1n) is 5.88. The lowest BCUT2D eigenvalue weighted by atomic mass is 10.0. The van der Waals surface area contributed by atoms with Crippen molar-refractivity contribution in [3.63, 3.8) is 0 Å². The first-order valence-corrected chi connectivity index (χ1v) is 5.88. The third-order valence-electron chi connectivity index (χ3n) is 3.29. The number of aromatic nitrogens is 2. The van der Waals surface area contributed by atoms with E-state index in [0.717, 1.165) is 18.7 Å². The Morgan fingerprint density at radius 2 is 2.25 bits per heavy atom. The van der Waals surface area contributed by atoms with Gasteiger partial charge in [-0.3, -0.25) is 0 Å². The van der Waals surface area contributed by atoms with Crippen LogP contribution in [0, 0.1) is 18.3 Å². The highest BCUT2D eigenvalue weighted by Gasteiger charge is 2.19. The van der Waals surface area contributed by atoms with E-state index in [1.165, 1.54) is 24.2 Å². The second-order valence-electron chi connectivity index (χ2n) is 4.34. The number of nitrogens with one attached hydrogen (secondary N) is 1. The second-order valence-corrected chi connectivity index (χ2v) is 4.34. The molecule has 1 aliphatic carbocycles. The molecule has 0 spiro atoms. The van der Waals surface area contributed by atoms with E-state index in [1.807, 2.05) is 14.0 Å². The molecule has 0 aliphatic heterocycles. The van der Waals surface area contributed by atoms with Crippen molar-refractivity contribution >= 4 is 0 Å². The molecule has 1 atom stereocenters. The van der Waals surface area contributed by atoms with E-state index in [0.29, 0.717) is 6.54 Å². The maximum atomic E-state index is 8.97. The maximum Gasteiger partial charge on any atom is 0.113 e. The van der Waals surface area contributed by atoms with Gasteiger partial charge in [0.25, 0.3) is 0 Å². The molecule has 1 unspecified atom stereocenters. The average molecular weight is 218 g/mol. The van der Waals surface area contributed by atoms with Crippen molar-refractivity contribution in [2.75, 3.05) is 7.05 Å². The fourth-order valence-electron chi connectivity index (χ4n) is 2.36. The highest BCUT2D eigenvalue weighted by atomic mass is 15.1. The molecule has 0 radical (unpaired) electrons. The van der Waals surface area contributed by atoms with E-state index < -0.39 is 0 Å². The number of rotatable bonds is 3. The number of aryl methyl sites for hydroxylation is 2. The lowest BCUT2D eigenvalue weighted by molar-refractivity contribution is 0.527. The number of fused-ring (bicyclic) bond motifs is 1. The van der Waals surface area contributed by atoms with Crippen molar-refractivity contribution in [1.29, 1.82) is 5.26 Å². The Kier molecular flexibility index (Phi) is 3.25. The lowest BCUT2D eigenvalue weighted by Gasteiger charge is -2.16. The van der Waals surface area contributed by atoms with Crippen LogP contribution < -0.4 is 5.32 Å². The van der Waals surface area contributed by atoms with Crippen molar-refractivity contribution in [2.45, 2.75) is 45.2 Å². The van der Waals surface area contributed by atoms with Gasteiger partial charge in [0.05, 0.1) is 18.3 Å². The van der Waals surface area contributed by atoms with Gasteiger partial charge in [-0.25, -0.2) is 4.98 Å². The van der Waals surface area contributed by atoms with Gasteiger partial charge in [-0.05, 0) is 39.7 Å². The van der Waals surface area contributed by atoms with Crippen molar-refractivity contribution < 1.29 is 0 Å². The molecular formula is C12H18N4. The molecule has 16 heavy (non-hydrogen) atoms. The van der Waals surface area contributed by atoms with Gasteiger partial charge in [0.1, 0.15) is 11.9 Å². The molecule has 0 fully saturated rings. The number of nitriles is 1. The van der Waals surface area contributed by atoms with Crippen molar-refractivity contribution in [3.8, 4) is 6.07 Å². The quantitative estimate of drug-likeness (QED) is 0.829. The van der Waals surface area contributed by atoms with Gasteiger partial charge in [-0.15, -0.1) is 0 Å². The van der Waals surface area contributed by atoms with Crippen LogP contribution in [-0.2, 0) is 19.4 Å². The minimum absolute atomic E-state index is 0.126. The van der Waals surface area contributed by atoms with Gasteiger partial charge in [0.15, 0.2) is 0 Å². The van der Waals surface area contributed by atoms with Crippen LogP contribution in [0.15, 0.2) is 0 Å². The SMILES string of the molecule is CNC(C#N)Cn1c(C)nc2c1CCCC2. The molecule has 0 saturated carbocycles. The Labute approximate surface area is 96.3 Å². The summed E-state index contributed by atoms with van der Waals surface area (Å²) in [5, 5.41) is 12.0. The van der Waals surface area contributed by atoms with Crippen LogP contribution in [0.2, 0.25) is 0 Å². The van der Waals surface area contributed by atoms with Crippen LogP contribution in [-0.4, -0.2) is 22.6 Å². The zero-order chi connectivity index (χ0) is 11.5. The molecule has 0 amide bonds. The Hall–Kier alpha value is -1.34. The predicted molar refractivity (Wildman–Crippen MR) is 62.1 cm³/mol. The van der Waals surface area contributed by atoms with Crippen LogP contribution in [0.4, 0.5) is 0 Å². The molecule has 2 rings (SSSR count). The molecule has 1 heterocycles. The number of imidazole rings is 1. The van der Waals surface area contributed by atoms with Crippen molar-refractivity contribution in [3.05, 3.63) is 17.2 Å². The minimum Gasteiger partial charge on any atom is -0.329 e. The number of hydrogen-bond donors (Lipinski definition) is 1. The van der Waals surface area contributed by atoms with Crippen molar-refractivity contribution in [2.24, 2.45) is 0 Å². The third-order valence-corrected chi connectivity index (χ3v) is 3.29. The minimum atomic E-state index is -0.126. The largest absolute Gasteiger partial charge is 0.329 e. The molecule has 0 saturated heterocycles. The molecule has 1 aromatic rings. The number of likely N-dealkylation sites (N-methyl/N-ethyl adjacent to an activating group) is 1. The summed E-state index contributed by atoms with van der Waals surface area (Å²) in [5.74, 6) is 1.04. The first kappa shape index (κ1) is 11.2. The number of hydrogen-bond acceptors (Lipinski definition) is 3. The van der Waals surface area contributed by atoms with Crippen molar-refractivity contribution in [1.82, 2.24) is 14.9 Å². The fourth-order valence-corrected chi connectivity index (χ4v) is 2.36. The van der Waals surface area contributed by atoms with Gasteiger partial charge in [-0.2, -0.15) is 5.26 Å². The molecule has 1 N–H and O–H groups in total. The van der Waals surface area contributed by atoms with Crippen LogP contribution in [0.1, 0.15) is 30.1 Å². The molecule has 86 valence electrons. The smallest absolute Gasteiger partial charge is 0.113 e. The second kappa shape index (κ2) is 4.67. The van der Waals surface area contributed by atoms with Gasteiger partial charge in [0.2, 0.25) is 0 Å². The Morgan fingerprint density at radius 3 is 2.94 bits per heavy atom. The van der Waals surface area contributed by atoms with Crippen LogP contribution in [0.5, 0.6) is 0 Å². The number of nitrogens with zero attached hydrogens (tertiary/aromatic N) is 3.